The number of nitrogens with one attached hydrogen (secondary N) is 1. The van der Waals surface area contributed by atoms with Crippen LogP contribution in [0.3, 0.4) is 0 Å². The number of nitrogens with zero attached hydrogens (tertiary/aromatic N) is 2. The summed E-state index contributed by atoms with van der Waals surface area (Å²) in [5.41, 5.74) is -1.41. The van der Waals surface area contributed by atoms with Crippen molar-refractivity contribution in [2.75, 3.05) is 52.7 Å². The first kappa shape index (κ1) is 46.7. The first-order valence-electron chi connectivity index (χ1n) is 18.6. The van der Waals surface area contributed by atoms with Gasteiger partial charge in [0.25, 0.3) is 0 Å². The number of allylic oxidation sites excluding steroid dienone is 3. The second-order valence-corrected chi connectivity index (χ2v) is 18.5. The zero-order chi connectivity index (χ0) is 42.5. The number of rotatable bonds is 12. The highest BCUT2D eigenvalue weighted by Gasteiger charge is 2.64. The van der Waals surface area contributed by atoms with Crippen LogP contribution in [0.5, 0.6) is 5.75 Å². The Labute approximate surface area is 347 Å². The number of hydrogen-bond donors (Lipinski definition) is 4. The summed E-state index contributed by atoms with van der Waals surface area (Å²) in [7, 11) is 8.77. The third kappa shape index (κ3) is 10.8. The largest absolute Gasteiger partial charge is 0.506 e. The second-order valence-electron chi connectivity index (χ2n) is 15.2. The third-order valence-electron chi connectivity index (χ3n) is 11.1. The van der Waals surface area contributed by atoms with Crippen LogP contribution in [-0.4, -0.2) is 138 Å². The molecule has 2 saturated heterocycles. The number of phenolic OH excluding ortho intramolecular Hbond substituents is 1. The molecule has 0 aliphatic carbocycles. The lowest BCUT2D eigenvalue weighted by molar-refractivity contribution is -0.162. The summed E-state index contributed by atoms with van der Waals surface area (Å²) in [5, 5.41) is 35.1. The molecular weight excluding hydrogens is 802 g/mol. The molecule has 57 heavy (non-hydrogen) atoms. The number of methoxy groups -OCH3 is 2. The number of likely N-dealkylation sites (N-methyl/N-ethyl adjacent to an activating group) is 1. The molecule has 9 atom stereocenters. The van der Waals surface area contributed by atoms with Crippen LogP contribution in [0.25, 0.3) is 0 Å². The highest BCUT2D eigenvalue weighted by Crippen LogP contribution is 2.49. The Balaban J connectivity index is 1.68. The number of halogens is 1. The fourth-order valence-electron chi connectivity index (χ4n) is 7.32. The highest BCUT2D eigenvalue weighted by molar-refractivity contribution is 8.77. The predicted molar refractivity (Wildman–Crippen MR) is 218 cm³/mol. The van der Waals surface area contributed by atoms with E-state index in [1.807, 2.05) is 13.2 Å². The van der Waals surface area contributed by atoms with Crippen molar-refractivity contribution in [2.45, 2.75) is 106 Å². The maximum Gasteiger partial charge on any atom is 0.409 e. The average Bonchev–Trinajstić information content (AvgIpc) is 3.86. The van der Waals surface area contributed by atoms with E-state index < -0.39 is 70.4 Å². The summed E-state index contributed by atoms with van der Waals surface area (Å²) < 4.78 is 28.2. The molecule has 0 aromatic heterocycles. The molecule has 3 amide bonds. The number of carbonyl (C=O) groups excluding carboxylic acids is 4. The van der Waals surface area contributed by atoms with Crippen LogP contribution in [0.4, 0.5) is 10.5 Å². The zero-order valence-electron chi connectivity index (χ0n) is 33.9. The van der Waals surface area contributed by atoms with E-state index >= 15 is 0 Å². The van der Waals surface area contributed by atoms with Crippen molar-refractivity contribution in [1.82, 2.24) is 10.2 Å². The van der Waals surface area contributed by atoms with Gasteiger partial charge in [0, 0.05) is 47.1 Å². The number of epoxide rings is 1. The van der Waals surface area contributed by atoms with Crippen LogP contribution in [0.15, 0.2) is 35.9 Å². The molecule has 0 saturated carbocycles. The Hall–Kier alpha value is -3.03. The molecule has 1 unspecified atom stereocenters. The summed E-state index contributed by atoms with van der Waals surface area (Å²) in [5.74, 6) is -2.49. The van der Waals surface area contributed by atoms with Gasteiger partial charge in [-0.05, 0) is 57.6 Å². The number of aliphatic hydroxyl groups is 2. The highest BCUT2D eigenvalue weighted by atomic mass is 35.5. The molecule has 1 aromatic carbocycles. The number of aromatic hydroxyl groups is 1. The Morgan fingerprint density at radius 3 is 2.60 bits per heavy atom. The van der Waals surface area contributed by atoms with E-state index in [-0.39, 0.29) is 61.3 Å². The van der Waals surface area contributed by atoms with Gasteiger partial charge in [0.2, 0.25) is 11.8 Å². The van der Waals surface area contributed by atoms with E-state index in [1.54, 1.807) is 38.1 Å². The molecular formula is C39H56ClN3O12S2. The zero-order valence-corrected chi connectivity index (χ0v) is 36.3. The number of carbonyl (C=O) groups is 4. The van der Waals surface area contributed by atoms with E-state index in [4.69, 9.17) is 35.3 Å². The lowest BCUT2D eigenvalue weighted by atomic mass is 9.83. The summed E-state index contributed by atoms with van der Waals surface area (Å²) in [6.07, 6.45) is 2.52. The number of hydrogen-bond acceptors (Lipinski definition) is 14. The number of amides is 3. The maximum absolute atomic E-state index is 14.1. The molecule has 2 fully saturated rings. The van der Waals surface area contributed by atoms with Crippen molar-refractivity contribution < 1.29 is 58.2 Å². The fourth-order valence-corrected chi connectivity index (χ4v) is 9.93. The monoisotopic (exact) mass is 857 g/mol. The minimum Gasteiger partial charge on any atom is -0.506 e. The number of benzene rings is 1. The number of phenols is 1. The lowest BCUT2D eigenvalue weighted by Crippen LogP contribution is -2.63. The quantitative estimate of drug-likeness (QED) is 0.131. The van der Waals surface area contributed by atoms with E-state index in [2.05, 4.69) is 5.32 Å². The molecule has 0 spiro atoms. The van der Waals surface area contributed by atoms with Crippen molar-refractivity contribution in [3.63, 3.8) is 0 Å². The molecule has 3 aliphatic rings. The summed E-state index contributed by atoms with van der Waals surface area (Å²) in [6, 6.07) is 2.11. The second kappa shape index (κ2) is 19.4. The van der Waals surface area contributed by atoms with Crippen molar-refractivity contribution >= 4 is 62.8 Å². The van der Waals surface area contributed by atoms with Gasteiger partial charge in [-0.25, -0.2) is 9.59 Å². The SMILES string of the molecule is COCC(CO)(CCC(=O)N(C)[C@@H](C)C(=O)O[C@H]1CC(=O)N(C)c2cc(cc(O)c2Cl)C/C(C)=C/C=C/[C@@H](OC)[C@@]2(O)C[C@H](OC(=O)N2)[C@@H](C)[C@@H]2O[C@@]12C)SSC. The number of aliphatic hydroxyl groups excluding tert-OH is 1. The molecule has 4 bridgehead atoms. The van der Waals surface area contributed by atoms with Gasteiger partial charge in [-0.3, -0.25) is 14.9 Å². The van der Waals surface area contributed by atoms with E-state index in [1.165, 1.54) is 72.7 Å². The van der Waals surface area contributed by atoms with Crippen LogP contribution < -0.4 is 10.2 Å². The van der Waals surface area contributed by atoms with E-state index in [9.17, 15) is 34.5 Å². The van der Waals surface area contributed by atoms with Crippen LogP contribution in [0, 0.1) is 5.92 Å². The Kier molecular flexibility index (Phi) is 15.8. The normalized spacial score (nSPS) is 31.1. The van der Waals surface area contributed by atoms with Crippen molar-refractivity contribution in [2.24, 2.45) is 5.92 Å². The van der Waals surface area contributed by atoms with Crippen molar-refractivity contribution in [3.8, 4) is 5.75 Å². The average molecular weight is 858 g/mol. The van der Waals surface area contributed by atoms with Gasteiger partial charge < -0.3 is 48.8 Å². The fraction of sp³-hybridized carbons (Fsp3) is 0.641. The van der Waals surface area contributed by atoms with E-state index in [0.717, 1.165) is 5.57 Å². The molecule has 15 nitrogen and oxygen atoms in total. The molecule has 4 rings (SSSR count). The van der Waals surface area contributed by atoms with Gasteiger partial charge in [-0.1, -0.05) is 63.9 Å². The lowest BCUT2D eigenvalue weighted by Gasteiger charge is -2.42. The first-order valence-corrected chi connectivity index (χ1v) is 21.5. The van der Waals surface area contributed by atoms with Crippen LogP contribution >= 0.6 is 33.2 Å². The minimum atomic E-state index is -1.86. The van der Waals surface area contributed by atoms with Gasteiger partial charge in [0.1, 0.15) is 40.7 Å². The van der Waals surface area contributed by atoms with Crippen molar-refractivity contribution in [1.29, 1.82) is 0 Å². The van der Waals surface area contributed by atoms with Gasteiger partial charge >= 0.3 is 12.1 Å². The molecule has 318 valence electrons. The maximum atomic E-state index is 14.1. The Morgan fingerprint density at radius 2 is 1.96 bits per heavy atom. The van der Waals surface area contributed by atoms with Gasteiger partial charge in [0.15, 0.2) is 5.72 Å². The molecule has 3 heterocycles. The van der Waals surface area contributed by atoms with Crippen LogP contribution in [0.1, 0.15) is 58.9 Å². The first-order chi connectivity index (χ1) is 26.8. The van der Waals surface area contributed by atoms with Gasteiger partial charge in [0.05, 0.1) is 36.2 Å². The third-order valence-corrected chi connectivity index (χ3v) is 14.0. The number of anilines is 1. The topological polar surface area (TPSA) is 197 Å². The molecule has 1 aromatic rings. The van der Waals surface area contributed by atoms with Gasteiger partial charge in [-0.2, -0.15) is 0 Å². The number of alkyl carbamates (subject to hydrolysis) is 1. The van der Waals surface area contributed by atoms with E-state index in [0.29, 0.717) is 12.0 Å². The smallest absolute Gasteiger partial charge is 0.409 e. The Morgan fingerprint density at radius 1 is 1.26 bits per heavy atom. The molecule has 0 radical (unpaired) electrons. The van der Waals surface area contributed by atoms with Crippen LogP contribution in [0.2, 0.25) is 5.02 Å². The van der Waals surface area contributed by atoms with Crippen molar-refractivity contribution in [3.05, 3.63) is 46.5 Å². The standard InChI is InChI=1S/C39H56ClN3O12S2/c1-22-11-10-12-29(52-8)39(50)19-28(53-36(49)41-39)23(2)34-37(4,55-34)30(18-32(47)43(6)26-16-25(15-22)17-27(45)33(26)40)54-35(48)24(3)42(5)31(46)13-14-38(20-44,21-51-7)57-56-9/h10-12,16-17,23-24,28-30,34,44-45,50H,13-15,18-21H2,1-9H3,(H,41,49)/b12-10+,22-11+/t23-,24+,28+,29-,30+,34+,37+,38?,39+/m1/s1. The number of fused-ring (bicyclic) bond motifs is 5. The summed E-state index contributed by atoms with van der Waals surface area (Å²) in [6.45, 7) is 6.84. The number of esters is 1. The number of ether oxygens (including phenoxy) is 5. The predicted octanol–water partition coefficient (Wildman–Crippen LogP) is 4.38. The Bertz CT molecular complexity index is 1710. The van der Waals surface area contributed by atoms with Gasteiger partial charge in [-0.15, -0.1) is 0 Å². The summed E-state index contributed by atoms with van der Waals surface area (Å²) in [4.78, 5) is 56.8. The molecule has 18 heteroatoms. The summed E-state index contributed by atoms with van der Waals surface area (Å²) >= 11 is 6.54. The van der Waals surface area contributed by atoms with Crippen LogP contribution in [-0.2, 0) is 44.5 Å². The molecule has 4 N–H and O–H groups in total. The molecule has 3 aliphatic heterocycles. The minimum absolute atomic E-state index is 0.0156.